The molecule has 0 radical (unpaired) electrons. The zero-order valence-electron chi connectivity index (χ0n) is 9.12. The minimum absolute atomic E-state index is 0.0477. The molecule has 0 fully saturated rings. The number of benzene rings is 1. The minimum Gasteiger partial charge on any atom is -0.494 e. The molecule has 0 aliphatic rings. The van der Waals surface area contributed by atoms with Crippen molar-refractivity contribution in [3.8, 4) is 5.75 Å². The Kier molecular flexibility index (Phi) is 3.37. The van der Waals surface area contributed by atoms with Gasteiger partial charge in [0.15, 0.2) is 0 Å². The van der Waals surface area contributed by atoms with Gasteiger partial charge in [-0.15, -0.1) is 0 Å². The second-order valence-electron chi connectivity index (χ2n) is 3.60. The molecule has 2 nitrogen and oxygen atoms in total. The Labute approximate surface area is 100 Å². The van der Waals surface area contributed by atoms with Crippen molar-refractivity contribution in [1.29, 1.82) is 0 Å². The number of unbranched alkanes of at least 4 members (excludes halogenated alkanes) is 1. The summed E-state index contributed by atoms with van der Waals surface area (Å²) in [6.07, 6.45) is 1.36. The number of ether oxygens (including phenoxy) is 1. The van der Waals surface area contributed by atoms with E-state index in [1.807, 2.05) is 0 Å². The van der Waals surface area contributed by atoms with Gasteiger partial charge in [-0.1, -0.05) is 19.4 Å². The molecular formula is C10H11F5O2S. The van der Waals surface area contributed by atoms with Gasteiger partial charge in [-0.05, 0) is 30.7 Å². The molecule has 0 heterocycles. The summed E-state index contributed by atoms with van der Waals surface area (Å²) in [6.45, 7) is 0.133. The van der Waals surface area contributed by atoms with E-state index < -0.39 is 15.1 Å². The molecule has 0 saturated heterocycles. The Bertz CT molecular complexity index is 425. The van der Waals surface area contributed by atoms with E-state index in [-0.39, 0.29) is 30.9 Å². The number of rotatable bonds is 6. The quantitative estimate of drug-likeness (QED) is 0.431. The van der Waals surface area contributed by atoms with Crippen LogP contribution in [-0.2, 0) is 4.79 Å². The van der Waals surface area contributed by atoms with Gasteiger partial charge in [0.25, 0.3) is 0 Å². The molecule has 1 rings (SSSR count). The van der Waals surface area contributed by atoms with Gasteiger partial charge in [-0.3, -0.25) is 0 Å². The third-order valence-corrected chi connectivity index (χ3v) is 3.17. The van der Waals surface area contributed by atoms with Gasteiger partial charge >= 0.3 is 10.2 Å². The molecule has 0 spiro atoms. The Morgan fingerprint density at radius 2 is 1.61 bits per heavy atom. The summed E-state index contributed by atoms with van der Waals surface area (Å²) in [6, 6.07) is 2.23. The van der Waals surface area contributed by atoms with Crippen LogP contribution in [0.5, 0.6) is 5.75 Å². The van der Waals surface area contributed by atoms with E-state index >= 15 is 0 Å². The predicted octanol–water partition coefficient (Wildman–Crippen LogP) is 4.70. The van der Waals surface area contributed by atoms with Gasteiger partial charge in [-0.25, -0.2) is 0 Å². The molecule has 1 aromatic carbocycles. The van der Waals surface area contributed by atoms with Crippen molar-refractivity contribution in [3.63, 3.8) is 0 Å². The molecule has 0 amide bonds. The topological polar surface area (TPSA) is 26.3 Å². The van der Waals surface area contributed by atoms with Gasteiger partial charge in [-0.2, -0.15) is 0 Å². The number of aldehydes is 1. The monoisotopic (exact) mass is 290 g/mol. The Hall–Kier alpha value is -1.31. The first kappa shape index (κ1) is 14.7. The fourth-order valence-corrected chi connectivity index (χ4v) is 1.80. The van der Waals surface area contributed by atoms with Crippen molar-refractivity contribution in [2.24, 2.45) is 0 Å². The second-order valence-corrected chi connectivity index (χ2v) is 6.01. The van der Waals surface area contributed by atoms with Crippen molar-refractivity contribution >= 4 is 16.5 Å². The van der Waals surface area contributed by atoms with Crippen molar-refractivity contribution < 1.29 is 29.0 Å². The molecule has 1 aromatic rings. The lowest BCUT2D eigenvalue weighted by molar-refractivity contribution is -0.108. The van der Waals surface area contributed by atoms with Gasteiger partial charge < -0.3 is 9.53 Å². The maximum atomic E-state index is 12.4. The van der Waals surface area contributed by atoms with Crippen LogP contribution in [0.15, 0.2) is 29.2 Å². The maximum absolute atomic E-state index is 12.4. The van der Waals surface area contributed by atoms with Crippen molar-refractivity contribution in [2.75, 3.05) is 6.61 Å². The minimum atomic E-state index is -9.60. The van der Waals surface area contributed by atoms with E-state index in [2.05, 4.69) is 0 Å². The molecule has 0 aliphatic heterocycles. The third kappa shape index (κ3) is 4.52. The van der Waals surface area contributed by atoms with E-state index in [0.29, 0.717) is 12.7 Å². The van der Waals surface area contributed by atoms with Crippen LogP contribution in [0.4, 0.5) is 19.4 Å². The normalized spacial score (nSPS) is 15.6. The molecule has 104 valence electrons. The highest BCUT2D eigenvalue weighted by Gasteiger charge is 2.65. The van der Waals surface area contributed by atoms with Crippen molar-refractivity contribution in [2.45, 2.75) is 17.7 Å². The summed E-state index contributed by atoms with van der Waals surface area (Å²) in [4.78, 5) is 8.03. The highest BCUT2D eigenvalue weighted by molar-refractivity contribution is 8.45. The Balaban J connectivity index is 2.73. The summed E-state index contributed by atoms with van der Waals surface area (Å²) in [5, 5.41) is 0. The van der Waals surface area contributed by atoms with Crippen molar-refractivity contribution in [1.82, 2.24) is 0 Å². The molecule has 18 heavy (non-hydrogen) atoms. The number of halogens is 5. The van der Waals surface area contributed by atoms with E-state index in [0.717, 1.165) is 12.1 Å². The average molecular weight is 290 g/mol. The standard InChI is InChI=1S/C10H11F5O2S/c11-18(12,13,14,15)10-5-3-9(4-6-10)17-8-2-1-7-16/h3-7H,1-2,8H2. The largest absolute Gasteiger partial charge is 0.494 e. The SMILES string of the molecule is O=CCCCOc1ccc(S(F)(F)(F)(F)F)cc1. The molecule has 8 heteroatoms. The molecule has 0 bridgehead atoms. The first-order valence-electron chi connectivity index (χ1n) is 4.93. The molecule has 0 N–H and O–H groups in total. The fraction of sp³-hybridized carbons (Fsp3) is 0.300. The van der Waals surface area contributed by atoms with Gasteiger partial charge in [0.1, 0.15) is 16.9 Å². The summed E-state index contributed by atoms with van der Waals surface area (Å²) >= 11 is 0. The van der Waals surface area contributed by atoms with Crippen LogP contribution < -0.4 is 4.74 Å². The predicted molar refractivity (Wildman–Crippen MR) is 58.6 cm³/mol. The summed E-state index contributed by atoms with van der Waals surface area (Å²) in [5.41, 5.74) is 0. The van der Waals surface area contributed by atoms with Gasteiger partial charge in [0.05, 0.1) is 6.61 Å². The van der Waals surface area contributed by atoms with Crippen LogP contribution in [0.25, 0.3) is 0 Å². The molecule has 0 aromatic heterocycles. The van der Waals surface area contributed by atoms with Gasteiger partial charge in [0.2, 0.25) is 0 Å². The van der Waals surface area contributed by atoms with E-state index in [4.69, 9.17) is 4.74 Å². The summed E-state index contributed by atoms with van der Waals surface area (Å²) in [7, 11) is -9.60. The van der Waals surface area contributed by atoms with Crippen LogP contribution in [0.3, 0.4) is 0 Å². The van der Waals surface area contributed by atoms with Crippen molar-refractivity contribution in [3.05, 3.63) is 24.3 Å². The smallest absolute Gasteiger partial charge is 0.310 e. The highest BCUT2D eigenvalue weighted by atomic mass is 32.5. The lowest BCUT2D eigenvalue weighted by Gasteiger charge is -2.40. The number of carbonyl (C=O) groups is 1. The molecule has 0 unspecified atom stereocenters. The fourth-order valence-electron chi connectivity index (χ4n) is 1.15. The van der Waals surface area contributed by atoms with Crippen LogP contribution in [0, 0.1) is 0 Å². The average Bonchev–Trinajstić information content (AvgIpc) is 2.22. The van der Waals surface area contributed by atoms with E-state index in [9.17, 15) is 24.2 Å². The zero-order valence-corrected chi connectivity index (χ0v) is 9.94. The molecule has 0 atom stereocenters. The number of hydrogen-bond donors (Lipinski definition) is 0. The Morgan fingerprint density at radius 3 is 2.06 bits per heavy atom. The maximum Gasteiger partial charge on any atom is 0.310 e. The molecular weight excluding hydrogens is 279 g/mol. The second kappa shape index (κ2) is 4.11. The van der Waals surface area contributed by atoms with Crippen LogP contribution in [0.1, 0.15) is 12.8 Å². The third-order valence-electron chi connectivity index (χ3n) is 2.00. The van der Waals surface area contributed by atoms with Gasteiger partial charge in [0, 0.05) is 6.42 Å². The Morgan fingerprint density at radius 1 is 1.06 bits per heavy atom. The first-order valence-corrected chi connectivity index (χ1v) is 6.89. The van der Waals surface area contributed by atoms with E-state index in [1.54, 1.807) is 0 Å². The van der Waals surface area contributed by atoms with Crippen LogP contribution >= 0.6 is 10.2 Å². The highest BCUT2D eigenvalue weighted by Crippen LogP contribution is 3.02. The summed E-state index contributed by atoms with van der Waals surface area (Å²) in [5.74, 6) is 0.0477. The lowest BCUT2D eigenvalue weighted by atomic mass is 10.3. The molecule has 0 aliphatic carbocycles. The lowest BCUT2D eigenvalue weighted by Crippen LogP contribution is -2.06. The first-order chi connectivity index (χ1) is 8.03. The van der Waals surface area contributed by atoms with E-state index in [1.165, 1.54) is 0 Å². The molecule has 0 saturated carbocycles. The van der Waals surface area contributed by atoms with Crippen LogP contribution in [-0.4, -0.2) is 12.9 Å². The zero-order chi connectivity index (χ0) is 13.9. The van der Waals surface area contributed by atoms with Crippen LogP contribution in [0.2, 0.25) is 0 Å². The summed E-state index contributed by atoms with van der Waals surface area (Å²) < 4.78 is 66.7. The number of carbonyl (C=O) groups excluding carboxylic acids is 1. The number of hydrogen-bond acceptors (Lipinski definition) is 2.